The fourth-order valence-corrected chi connectivity index (χ4v) is 4.30. The summed E-state index contributed by atoms with van der Waals surface area (Å²) in [4.78, 5) is 14.9. The van der Waals surface area contributed by atoms with Crippen LogP contribution in [-0.2, 0) is 14.9 Å². The van der Waals surface area contributed by atoms with E-state index < -0.39 is 0 Å². The van der Waals surface area contributed by atoms with Gasteiger partial charge in [0, 0.05) is 18.9 Å². The Balaban J connectivity index is 1.63. The van der Waals surface area contributed by atoms with Crippen LogP contribution in [0.15, 0.2) is 30.3 Å². The third kappa shape index (κ3) is 4.24. The largest absolute Gasteiger partial charge is 0.393 e. The zero-order valence-electron chi connectivity index (χ0n) is 15.5. The number of carbonyl (C=O) groups excluding carboxylic acids is 1. The van der Waals surface area contributed by atoms with Crippen LogP contribution in [-0.4, -0.2) is 47.8 Å². The Hall–Kier alpha value is -1.39. The summed E-state index contributed by atoms with van der Waals surface area (Å²) in [6.07, 6.45) is 3.97. The Kier molecular flexibility index (Phi) is 5.80. The molecule has 1 aromatic rings. The van der Waals surface area contributed by atoms with Crippen molar-refractivity contribution in [2.45, 2.75) is 63.5 Å². The van der Waals surface area contributed by atoms with Gasteiger partial charge in [0.2, 0.25) is 5.91 Å². The van der Waals surface area contributed by atoms with Gasteiger partial charge >= 0.3 is 0 Å². The molecule has 1 saturated heterocycles. The second kappa shape index (κ2) is 7.88. The lowest BCUT2D eigenvalue weighted by Crippen LogP contribution is -2.53. The Morgan fingerprint density at radius 2 is 2.04 bits per heavy atom. The van der Waals surface area contributed by atoms with Gasteiger partial charge in [0.1, 0.15) is 0 Å². The van der Waals surface area contributed by atoms with E-state index >= 15 is 0 Å². The number of morpholine rings is 1. The van der Waals surface area contributed by atoms with E-state index in [1.807, 2.05) is 11.0 Å². The highest BCUT2D eigenvalue weighted by atomic mass is 16.5. The molecule has 3 rings (SSSR count). The van der Waals surface area contributed by atoms with Crippen LogP contribution in [0.2, 0.25) is 0 Å². The first-order chi connectivity index (χ1) is 12.0. The molecule has 1 heterocycles. The van der Waals surface area contributed by atoms with Crippen molar-refractivity contribution in [1.82, 2.24) is 4.90 Å². The summed E-state index contributed by atoms with van der Waals surface area (Å²) in [7, 11) is 0. The van der Waals surface area contributed by atoms with Crippen LogP contribution >= 0.6 is 0 Å². The van der Waals surface area contributed by atoms with Crippen LogP contribution in [0, 0.1) is 5.92 Å². The maximum atomic E-state index is 12.9. The summed E-state index contributed by atoms with van der Waals surface area (Å²) in [6, 6.07) is 10.4. The van der Waals surface area contributed by atoms with E-state index in [-0.39, 0.29) is 29.4 Å². The zero-order chi connectivity index (χ0) is 17.9. The van der Waals surface area contributed by atoms with Gasteiger partial charge in [0.15, 0.2) is 0 Å². The monoisotopic (exact) mass is 345 g/mol. The first kappa shape index (κ1) is 18.4. The first-order valence-electron chi connectivity index (χ1n) is 9.60. The summed E-state index contributed by atoms with van der Waals surface area (Å²) in [6.45, 7) is 6.22. The van der Waals surface area contributed by atoms with Crippen molar-refractivity contribution in [1.29, 1.82) is 0 Å². The van der Waals surface area contributed by atoms with Crippen molar-refractivity contribution in [2.75, 3.05) is 19.8 Å². The molecule has 2 fully saturated rings. The minimum atomic E-state index is -0.289. The molecule has 0 spiro atoms. The lowest BCUT2D eigenvalue weighted by molar-refractivity contribution is -0.144. The molecule has 1 aliphatic heterocycles. The second-order valence-corrected chi connectivity index (χ2v) is 8.14. The maximum Gasteiger partial charge on any atom is 0.223 e. The number of hydrogen-bond donors (Lipinski definition) is 1. The average Bonchev–Trinajstić information content (AvgIpc) is 3.06. The van der Waals surface area contributed by atoms with Gasteiger partial charge in [-0.15, -0.1) is 0 Å². The van der Waals surface area contributed by atoms with Crippen molar-refractivity contribution in [3.05, 3.63) is 35.9 Å². The average molecular weight is 345 g/mol. The summed E-state index contributed by atoms with van der Waals surface area (Å²) >= 11 is 0. The third-order valence-corrected chi connectivity index (χ3v) is 6.03. The highest BCUT2D eigenvalue weighted by Gasteiger charge is 2.39. The van der Waals surface area contributed by atoms with Gasteiger partial charge < -0.3 is 14.7 Å². The molecule has 25 heavy (non-hydrogen) atoms. The van der Waals surface area contributed by atoms with Gasteiger partial charge in [-0.25, -0.2) is 0 Å². The van der Waals surface area contributed by atoms with E-state index in [9.17, 15) is 9.90 Å². The lowest BCUT2D eigenvalue weighted by atomic mass is 9.80. The van der Waals surface area contributed by atoms with Gasteiger partial charge in [0.05, 0.1) is 25.4 Å². The number of hydrogen-bond acceptors (Lipinski definition) is 3. The van der Waals surface area contributed by atoms with E-state index in [4.69, 9.17) is 4.74 Å². The van der Waals surface area contributed by atoms with Crippen molar-refractivity contribution < 1.29 is 14.6 Å². The molecule has 1 aromatic carbocycles. The Labute approximate surface area is 151 Å². The van der Waals surface area contributed by atoms with E-state index in [0.717, 1.165) is 25.7 Å². The lowest BCUT2D eigenvalue weighted by Gasteiger charge is -2.40. The minimum absolute atomic E-state index is 0.0222. The molecule has 0 radical (unpaired) electrons. The number of aliphatic hydroxyl groups excluding tert-OH is 1. The SMILES string of the molecule is CC(C)(CCC(=O)N1CCOC[C@@H]1[C@H]1CCC[C@@H]1O)c1ccccc1. The number of amides is 1. The summed E-state index contributed by atoms with van der Waals surface area (Å²) in [5.74, 6) is 0.378. The van der Waals surface area contributed by atoms with Gasteiger partial charge in [0.25, 0.3) is 0 Å². The molecule has 1 saturated carbocycles. The van der Waals surface area contributed by atoms with E-state index in [0.29, 0.717) is 26.2 Å². The van der Waals surface area contributed by atoms with Gasteiger partial charge in [-0.05, 0) is 30.2 Å². The zero-order valence-corrected chi connectivity index (χ0v) is 15.5. The molecule has 0 unspecified atom stereocenters. The van der Waals surface area contributed by atoms with Crippen molar-refractivity contribution in [3.8, 4) is 0 Å². The summed E-state index contributed by atoms with van der Waals surface area (Å²) < 4.78 is 5.63. The molecule has 138 valence electrons. The standard InChI is InChI=1S/C21H31NO3/c1-21(2,16-7-4-3-5-8-16)12-11-20(24)22-13-14-25-15-18(22)17-9-6-10-19(17)23/h3-5,7-8,17-19,23H,6,9-15H2,1-2H3/t17-,18-,19+/m1/s1. The molecular weight excluding hydrogens is 314 g/mol. The molecule has 0 aromatic heterocycles. The number of rotatable bonds is 5. The molecule has 4 nitrogen and oxygen atoms in total. The van der Waals surface area contributed by atoms with Gasteiger partial charge in [-0.3, -0.25) is 4.79 Å². The molecule has 1 amide bonds. The smallest absolute Gasteiger partial charge is 0.223 e. The predicted molar refractivity (Wildman–Crippen MR) is 98.4 cm³/mol. The summed E-state index contributed by atoms with van der Waals surface area (Å²) in [5, 5.41) is 10.3. The van der Waals surface area contributed by atoms with Crippen LogP contribution in [0.3, 0.4) is 0 Å². The van der Waals surface area contributed by atoms with Gasteiger partial charge in [-0.1, -0.05) is 50.6 Å². The Bertz CT molecular complexity index is 572. The fourth-order valence-electron chi connectivity index (χ4n) is 4.30. The van der Waals surface area contributed by atoms with Crippen LogP contribution in [0.1, 0.15) is 51.5 Å². The maximum absolute atomic E-state index is 12.9. The van der Waals surface area contributed by atoms with Crippen molar-refractivity contribution in [2.24, 2.45) is 5.92 Å². The quantitative estimate of drug-likeness (QED) is 0.892. The molecule has 1 aliphatic carbocycles. The molecule has 3 atom stereocenters. The summed E-state index contributed by atoms with van der Waals surface area (Å²) in [5.41, 5.74) is 1.25. The Morgan fingerprint density at radius 1 is 1.28 bits per heavy atom. The van der Waals surface area contributed by atoms with E-state index in [1.54, 1.807) is 0 Å². The fraction of sp³-hybridized carbons (Fsp3) is 0.667. The van der Waals surface area contributed by atoms with Crippen LogP contribution < -0.4 is 0 Å². The van der Waals surface area contributed by atoms with Crippen molar-refractivity contribution >= 4 is 5.91 Å². The van der Waals surface area contributed by atoms with Gasteiger partial charge in [-0.2, -0.15) is 0 Å². The second-order valence-electron chi connectivity index (χ2n) is 8.14. The molecule has 0 bridgehead atoms. The third-order valence-electron chi connectivity index (χ3n) is 6.03. The molecule has 2 aliphatic rings. The number of aliphatic hydroxyl groups is 1. The minimum Gasteiger partial charge on any atom is -0.393 e. The highest BCUT2D eigenvalue weighted by Crippen LogP contribution is 2.33. The number of nitrogens with zero attached hydrogens (tertiary/aromatic N) is 1. The van der Waals surface area contributed by atoms with Crippen LogP contribution in [0.25, 0.3) is 0 Å². The van der Waals surface area contributed by atoms with Crippen LogP contribution in [0.4, 0.5) is 0 Å². The number of benzene rings is 1. The normalized spacial score (nSPS) is 27.5. The predicted octanol–water partition coefficient (Wildman–Crippen LogP) is 3.13. The van der Waals surface area contributed by atoms with Crippen molar-refractivity contribution in [3.63, 3.8) is 0 Å². The Morgan fingerprint density at radius 3 is 2.72 bits per heavy atom. The highest BCUT2D eigenvalue weighted by molar-refractivity contribution is 5.76. The molecule has 1 N–H and O–H groups in total. The van der Waals surface area contributed by atoms with Crippen LogP contribution in [0.5, 0.6) is 0 Å². The number of carbonyl (C=O) groups is 1. The van der Waals surface area contributed by atoms with E-state index in [2.05, 4.69) is 38.1 Å². The molecular formula is C21H31NO3. The first-order valence-corrected chi connectivity index (χ1v) is 9.60. The topological polar surface area (TPSA) is 49.8 Å². The number of ether oxygens (including phenoxy) is 1. The van der Waals surface area contributed by atoms with E-state index in [1.165, 1.54) is 5.56 Å². The molecule has 4 heteroatoms.